The highest BCUT2D eigenvalue weighted by molar-refractivity contribution is 5.87. The smallest absolute Gasteiger partial charge is 0.407 e. The zero-order valence-corrected chi connectivity index (χ0v) is 42.3. The van der Waals surface area contributed by atoms with E-state index >= 15 is 17.6 Å². The Morgan fingerprint density at radius 3 is 1.67 bits per heavy atom. The number of hydrogen-bond donors (Lipinski definition) is 4. The maximum Gasteiger partial charge on any atom is 0.407 e. The normalized spacial score (nSPS) is 23.3. The third kappa shape index (κ3) is 9.71. The van der Waals surface area contributed by atoms with Crippen molar-refractivity contribution >= 4 is 57.4 Å². The van der Waals surface area contributed by atoms with Crippen LogP contribution in [-0.4, -0.2) is 128 Å². The van der Waals surface area contributed by atoms with Crippen molar-refractivity contribution in [2.24, 2.45) is 11.8 Å². The van der Waals surface area contributed by atoms with Crippen LogP contribution in [0.15, 0.2) is 36.4 Å². The number of carboxylic acid groups (broad SMARTS) is 1. The predicted molar refractivity (Wildman–Crippen MR) is 264 cm³/mol. The summed E-state index contributed by atoms with van der Waals surface area (Å²) < 4.78 is 77.6. The summed E-state index contributed by atoms with van der Waals surface area (Å²) in [5.41, 5.74) is 1.67. The molecule has 2 aromatic heterocycles. The number of carbonyl (C=O) groups excluding carboxylic acids is 3. The number of nitrogens with one attached hydrogen (secondary N) is 3. The third-order valence-corrected chi connectivity index (χ3v) is 15.1. The first-order valence-electron chi connectivity index (χ1n) is 25.2. The predicted octanol–water partition coefficient (Wildman–Crippen LogP) is 9.03. The summed E-state index contributed by atoms with van der Waals surface area (Å²) in [7, 11) is 2.59. The summed E-state index contributed by atoms with van der Waals surface area (Å²) in [6.07, 6.45) is 0.353. The minimum Gasteiger partial charge on any atom is -0.465 e. The summed E-state index contributed by atoms with van der Waals surface area (Å²) in [6, 6.07) is 3.65. The molecule has 73 heavy (non-hydrogen) atoms. The molecule has 5 aromatic rings. The lowest BCUT2D eigenvalue weighted by Gasteiger charge is -2.38. The van der Waals surface area contributed by atoms with Crippen LogP contribution in [0, 0.1) is 35.1 Å². The van der Waals surface area contributed by atoms with Crippen LogP contribution in [0.4, 0.5) is 38.5 Å². The monoisotopic (exact) mass is 1020 g/mol. The number of aromatic nitrogens is 4. The number of ether oxygens (including phenoxy) is 2. The molecule has 17 nitrogen and oxygen atoms in total. The number of rotatable bonds is 12. The van der Waals surface area contributed by atoms with Gasteiger partial charge in [-0.25, -0.2) is 37.1 Å². The van der Waals surface area contributed by atoms with Gasteiger partial charge in [-0.15, -0.1) is 0 Å². The zero-order chi connectivity index (χ0) is 52.3. The maximum absolute atomic E-state index is 16.9. The number of morpholine rings is 1. The van der Waals surface area contributed by atoms with Crippen LogP contribution < -0.4 is 15.1 Å². The SMILES string of the molecule is COC(=O)N[C@H](C(=O)N1CCC[C@H]1c1nc2cc(F)c(C3CCC(c4cc5[nH]c([C@@H]6CCCN6C(=O)[C@H](C(C)C)N(C)C(=O)O)nc5cc4F)N3c3cc(F)c(N4C[C@@H](C)O[C@@H](C)C4)c(F)c3)cc2[nH]1)C(C)C. The number of likely N-dealkylation sites (N-methyl/N-ethyl adjacent to an activating group) is 1. The fourth-order valence-corrected chi connectivity index (χ4v) is 11.8. The topological polar surface area (TPSA) is 193 Å². The first-order valence-corrected chi connectivity index (χ1v) is 25.2. The van der Waals surface area contributed by atoms with E-state index in [1.165, 1.54) is 38.4 Å². The molecule has 3 aromatic carbocycles. The van der Waals surface area contributed by atoms with Crippen molar-refractivity contribution in [1.82, 2.24) is 40.0 Å². The molecule has 392 valence electrons. The van der Waals surface area contributed by atoms with Crippen molar-refractivity contribution in [2.45, 2.75) is 129 Å². The van der Waals surface area contributed by atoms with Crippen molar-refractivity contribution < 1.29 is 51.3 Å². The van der Waals surface area contributed by atoms with E-state index in [-0.39, 0.29) is 89.8 Å². The number of likely N-dealkylation sites (tertiary alicyclic amines) is 2. The van der Waals surface area contributed by atoms with Gasteiger partial charge in [0.1, 0.15) is 41.1 Å². The summed E-state index contributed by atoms with van der Waals surface area (Å²) >= 11 is 0. The lowest BCUT2D eigenvalue weighted by molar-refractivity contribution is -0.138. The van der Waals surface area contributed by atoms with Gasteiger partial charge in [0.25, 0.3) is 0 Å². The number of benzene rings is 3. The molecule has 4 aliphatic heterocycles. The number of H-pyrrole nitrogens is 2. The average molecular weight is 1020 g/mol. The molecule has 4 saturated heterocycles. The van der Waals surface area contributed by atoms with Gasteiger partial charge in [-0.05, 0) is 88.5 Å². The van der Waals surface area contributed by atoms with E-state index in [1.807, 2.05) is 27.7 Å². The first-order chi connectivity index (χ1) is 34.7. The highest BCUT2D eigenvalue weighted by Crippen LogP contribution is 2.50. The van der Waals surface area contributed by atoms with Gasteiger partial charge in [0, 0.05) is 62.2 Å². The Labute approximate surface area is 420 Å². The zero-order valence-electron chi connectivity index (χ0n) is 42.3. The van der Waals surface area contributed by atoms with Crippen molar-refractivity contribution in [1.29, 1.82) is 0 Å². The molecule has 0 aliphatic carbocycles. The number of hydrogen-bond acceptors (Lipinski definition) is 10. The highest BCUT2D eigenvalue weighted by Gasteiger charge is 2.43. The average Bonchev–Trinajstić information content (AvgIpc) is 4.19. The minimum absolute atomic E-state index is 0.0710. The summed E-state index contributed by atoms with van der Waals surface area (Å²) in [5.74, 6) is -3.38. The molecule has 6 heterocycles. The van der Waals surface area contributed by atoms with E-state index in [0.717, 1.165) is 4.90 Å². The van der Waals surface area contributed by atoms with Crippen molar-refractivity contribution in [3.63, 3.8) is 0 Å². The Morgan fingerprint density at radius 2 is 1.22 bits per heavy atom. The lowest BCUT2D eigenvalue weighted by Crippen LogP contribution is -2.51. The molecular formula is C52H64F4N10O7. The molecule has 0 spiro atoms. The second-order valence-corrected chi connectivity index (χ2v) is 20.8. The Hall–Kier alpha value is -6.64. The lowest BCUT2D eigenvalue weighted by atomic mass is 10.0. The van der Waals surface area contributed by atoms with Gasteiger partial charge in [0.2, 0.25) is 11.8 Å². The number of imidazole rings is 2. The fraction of sp³-hybridized carbons (Fsp3) is 0.538. The van der Waals surface area contributed by atoms with Crippen molar-refractivity contribution in [2.75, 3.05) is 50.1 Å². The molecule has 0 bridgehead atoms. The molecule has 2 unspecified atom stereocenters. The second-order valence-electron chi connectivity index (χ2n) is 20.8. The van der Waals surface area contributed by atoms with Crippen LogP contribution in [-0.2, 0) is 19.1 Å². The van der Waals surface area contributed by atoms with Gasteiger partial charge < -0.3 is 49.5 Å². The molecule has 0 saturated carbocycles. The molecule has 4 fully saturated rings. The van der Waals surface area contributed by atoms with Gasteiger partial charge in [-0.1, -0.05) is 27.7 Å². The molecular weight excluding hydrogens is 953 g/mol. The fourth-order valence-electron chi connectivity index (χ4n) is 11.8. The molecule has 4 amide bonds. The standard InChI is InChI=1S/C52H64F4N10O7/c1-25(2)44(61-51(69)72-8)49(67)64-15-9-11-42(64)47-57-36-19-30(32(53)21-38(36)59-47)40-13-14-41(66(40)29-17-34(55)46(35(56)18-29)63-23-27(5)73-28(6)24-63)31-20-37-39(22-33(31)54)60-48(58-37)43-12-10-16-65(43)50(68)45(26(3)4)62(7)52(70)71/h17-22,25-28,40-45H,9-16,23-24H2,1-8H3,(H,57,59)(H,58,60)(H,61,69)(H,70,71)/t27-,28+,40?,41?,42-,43-,44-,45-/m0/s1. The molecule has 4 aliphatic rings. The van der Waals surface area contributed by atoms with E-state index in [0.29, 0.717) is 67.0 Å². The third-order valence-electron chi connectivity index (χ3n) is 15.1. The highest BCUT2D eigenvalue weighted by atomic mass is 19.1. The Kier molecular flexibility index (Phi) is 14.3. The molecule has 0 radical (unpaired) electrons. The minimum atomic E-state index is -1.23. The van der Waals surface area contributed by atoms with E-state index in [2.05, 4.69) is 15.3 Å². The number of anilines is 2. The number of aromatic amines is 2. The van der Waals surface area contributed by atoms with Gasteiger partial charge in [0.15, 0.2) is 11.6 Å². The summed E-state index contributed by atoms with van der Waals surface area (Å²) in [5, 5.41) is 12.4. The molecule has 21 heteroatoms. The molecule has 9 rings (SSSR count). The van der Waals surface area contributed by atoms with Gasteiger partial charge in [-0.3, -0.25) is 14.5 Å². The molecule has 8 atom stereocenters. The number of carbonyl (C=O) groups is 4. The number of nitrogens with zero attached hydrogens (tertiary/aromatic N) is 7. The Balaban J connectivity index is 1.08. The number of halogens is 4. The number of amides is 4. The summed E-state index contributed by atoms with van der Waals surface area (Å²) in [6.45, 7) is 12.2. The Morgan fingerprint density at radius 1 is 0.726 bits per heavy atom. The van der Waals surface area contributed by atoms with Gasteiger partial charge in [-0.2, -0.15) is 0 Å². The van der Waals surface area contributed by atoms with Crippen molar-refractivity contribution in [3.8, 4) is 0 Å². The Bertz CT molecular complexity index is 2900. The number of fused-ring (bicyclic) bond motifs is 2. The summed E-state index contributed by atoms with van der Waals surface area (Å²) in [4.78, 5) is 75.8. The van der Waals surface area contributed by atoms with Crippen LogP contribution in [0.2, 0.25) is 0 Å². The van der Waals surface area contributed by atoms with E-state index < -0.39 is 71.7 Å². The van der Waals surface area contributed by atoms with Crippen LogP contribution in [0.5, 0.6) is 0 Å². The van der Waals surface area contributed by atoms with E-state index in [1.54, 1.807) is 45.6 Å². The van der Waals surface area contributed by atoms with Crippen LogP contribution in [0.1, 0.15) is 127 Å². The van der Waals surface area contributed by atoms with Crippen LogP contribution in [0.25, 0.3) is 22.1 Å². The quantitative estimate of drug-likeness (QED) is 0.0872. The van der Waals surface area contributed by atoms with E-state index in [4.69, 9.17) is 19.4 Å². The van der Waals surface area contributed by atoms with E-state index in [9.17, 15) is 24.3 Å². The maximum atomic E-state index is 16.9. The van der Waals surface area contributed by atoms with Crippen LogP contribution >= 0.6 is 0 Å². The molecule has 4 N–H and O–H groups in total. The number of alkyl carbamates (subject to hydrolysis) is 1. The largest absolute Gasteiger partial charge is 0.465 e. The second kappa shape index (κ2) is 20.3. The number of methoxy groups -OCH3 is 1. The van der Waals surface area contributed by atoms with Crippen molar-refractivity contribution in [3.05, 3.63) is 82.4 Å². The van der Waals surface area contributed by atoms with Crippen LogP contribution in [0.3, 0.4) is 0 Å². The first kappa shape index (κ1) is 51.3. The van der Waals surface area contributed by atoms with Gasteiger partial charge >= 0.3 is 12.2 Å². The van der Waals surface area contributed by atoms with Gasteiger partial charge in [0.05, 0.1) is 65.6 Å².